The zero-order valence-corrected chi connectivity index (χ0v) is 47.0. The zero-order chi connectivity index (χ0) is 49.9. The zero-order valence-electron chi connectivity index (χ0n) is 46.1. The molecule has 0 rings (SSSR count). The summed E-state index contributed by atoms with van der Waals surface area (Å²) in [6, 6.07) is -0.860. The Morgan fingerprint density at radius 3 is 1.18 bits per heavy atom. The van der Waals surface area contributed by atoms with E-state index in [1.54, 1.807) is 6.08 Å². The molecule has 8 nitrogen and oxygen atoms in total. The molecule has 0 fully saturated rings. The van der Waals surface area contributed by atoms with Gasteiger partial charge in [0.15, 0.2) is 0 Å². The van der Waals surface area contributed by atoms with Gasteiger partial charge in [0.25, 0.3) is 0 Å². The summed E-state index contributed by atoms with van der Waals surface area (Å²) in [4.78, 5) is 23.3. The number of carbonyl (C=O) groups is 1. The number of unbranched alkanes of at least 4 members (excludes halogenated alkanes) is 40. The minimum Gasteiger partial charge on any atom is -0.387 e. The van der Waals surface area contributed by atoms with E-state index in [-0.39, 0.29) is 19.1 Å². The number of quaternary nitrogens is 1. The van der Waals surface area contributed by atoms with E-state index in [9.17, 15) is 19.4 Å². The predicted octanol–water partition coefficient (Wildman–Crippen LogP) is 18.0. The molecule has 9 heteroatoms. The van der Waals surface area contributed by atoms with Gasteiger partial charge in [-0.25, -0.2) is 4.57 Å². The van der Waals surface area contributed by atoms with E-state index >= 15 is 0 Å². The molecule has 0 saturated heterocycles. The molecule has 0 spiro atoms. The number of nitrogens with one attached hydrogen (secondary N) is 1. The van der Waals surface area contributed by atoms with Crippen molar-refractivity contribution in [3.63, 3.8) is 0 Å². The average Bonchev–Trinajstić information content (AvgIpc) is 3.30. The van der Waals surface area contributed by atoms with Gasteiger partial charge < -0.3 is 19.8 Å². The third-order valence-corrected chi connectivity index (χ3v) is 14.7. The number of likely N-dealkylation sites (N-methyl/N-ethyl adjacent to an activating group) is 1. The second kappa shape index (κ2) is 50.9. The van der Waals surface area contributed by atoms with Crippen molar-refractivity contribution >= 4 is 13.7 Å². The lowest BCUT2D eigenvalue weighted by Gasteiger charge is -2.25. The van der Waals surface area contributed by atoms with Gasteiger partial charge in [-0.1, -0.05) is 282 Å². The van der Waals surface area contributed by atoms with Crippen molar-refractivity contribution < 1.29 is 32.9 Å². The molecule has 0 heterocycles. The summed E-state index contributed by atoms with van der Waals surface area (Å²) in [5, 5.41) is 13.9. The predicted molar refractivity (Wildman–Crippen MR) is 295 cm³/mol. The molecule has 3 N–H and O–H groups in total. The highest BCUT2D eigenvalue weighted by Gasteiger charge is 2.27. The van der Waals surface area contributed by atoms with Gasteiger partial charge in [-0.05, 0) is 32.1 Å². The first-order valence-corrected chi connectivity index (χ1v) is 31.2. The molecule has 0 aromatic rings. The minimum atomic E-state index is -4.35. The van der Waals surface area contributed by atoms with Crippen molar-refractivity contribution in [1.82, 2.24) is 5.32 Å². The lowest BCUT2D eigenvalue weighted by molar-refractivity contribution is -0.870. The number of aliphatic hydroxyl groups is 1. The van der Waals surface area contributed by atoms with Crippen LogP contribution in [0.15, 0.2) is 24.3 Å². The van der Waals surface area contributed by atoms with Crippen molar-refractivity contribution in [3.05, 3.63) is 24.3 Å². The fraction of sp³-hybridized carbons (Fsp3) is 0.915. The Kier molecular flexibility index (Phi) is 50.1. The number of hydrogen-bond donors (Lipinski definition) is 3. The quantitative estimate of drug-likeness (QED) is 0.0243. The first-order valence-electron chi connectivity index (χ1n) is 29.7. The molecule has 0 bridgehead atoms. The second-order valence-electron chi connectivity index (χ2n) is 21.7. The van der Waals surface area contributed by atoms with Gasteiger partial charge in [0, 0.05) is 6.42 Å². The molecule has 0 aliphatic heterocycles. The Labute approximate surface area is 424 Å². The smallest absolute Gasteiger partial charge is 0.387 e. The molecule has 1 amide bonds. The van der Waals surface area contributed by atoms with E-state index in [0.29, 0.717) is 17.4 Å². The number of nitrogens with zero attached hydrogens (tertiary/aromatic N) is 1. The number of amides is 1. The Bertz CT molecular complexity index is 1160. The Balaban J connectivity index is 4.18. The molecule has 68 heavy (non-hydrogen) atoms. The van der Waals surface area contributed by atoms with E-state index in [2.05, 4.69) is 31.3 Å². The number of aliphatic hydroxyl groups excluding tert-OH is 1. The highest BCUT2D eigenvalue weighted by molar-refractivity contribution is 7.47. The first kappa shape index (κ1) is 67.0. The average molecular weight is 983 g/mol. The van der Waals surface area contributed by atoms with Crippen LogP contribution in [0.4, 0.5) is 0 Å². The van der Waals surface area contributed by atoms with Crippen LogP contribution >= 0.6 is 7.82 Å². The molecular weight excluding hydrogens is 864 g/mol. The van der Waals surface area contributed by atoms with E-state index in [0.717, 1.165) is 38.5 Å². The highest BCUT2D eigenvalue weighted by atomic mass is 31.2. The molecule has 3 unspecified atom stereocenters. The largest absolute Gasteiger partial charge is 0.472 e. The van der Waals surface area contributed by atoms with Gasteiger partial charge in [-0.15, -0.1) is 0 Å². The third kappa shape index (κ3) is 52.8. The standard InChI is InChI=1S/C59H117N2O6P/c1-6-8-10-12-14-16-18-20-22-24-26-27-28-29-30-31-32-33-34-35-36-38-40-42-44-46-48-50-52-58(62)57(56-67-68(64,65)66-55-54-61(3,4)5)60-59(63)53-51-49-47-45-43-41-39-37-25-23-21-19-17-15-13-11-9-7-2/h42,44,50,52,57-58,62H,6-41,43,45-49,51,53-56H2,1-5H3,(H-,60,63,64,65)/p+1/b44-42+,52-50+. The summed E-state index contributed by atoms with van der Waals surface area (Å²) in [6.45, 7) is 4.84. The molecule has 0 aromatic carbocycles. The molecule has 404 valence electrons. The van der Waals surface area contributed by atoms with Gasteiger partial charge in [0.05, 0.1) is 39.9 Å². The maximum Gasteiger partial charge on any atom is 0.472 e. The Morgan fingerprint density at radius 2 is 0.809 bits per heavy atom. The summed E-state index contributed by atoms with van der Waals surface area (Å²) in [5.41, 5.74) is 0. The van der Waals surface area contributed by atoms with Crippen LogP contribution < -0.4 is 5.32 Å². The van der Waals surface area contributed by atoms with Crippen molar-refractivity contribution in [2.75, 3.05) is 40.9 Å². The number of allylic oxidation sites excluding steroid dienone is 3. The van der Waals surface area contributed by atoms with Gasteiger partial charge >= 0.3 is 7.82 Å². The fourth-order valence-electron chi connectivity index (χ4n) is 9.00. The summed E-state index contributed by atoms with van der Waals surface area (Å²) in [5.74, 6) is -0.181. The van der Waals surface area contributed by atoms with Crippen LogP contribution in [-0.4, -0.2) is 73.4 Å². The molecule has 0 aromatic heterocycles. The van der Waals surface area contributed by atoms with E-state index in [1.165, 1.54) is 238 Å². The minimum absolute atomic E-state index is 0.0588. The van der Waals surface area contributed by atoms with Gasteiger partial charge in [0.1, 0.15) is 13.2 Å². The van der Waals surface area contributed by atoms with Crippen LogP contribution in [-0.2, 0) is 18.4 Å². The number of carbonyl (C=O) groups excluding carboxylic acids is 1. The van der Waals surface area contributed by atoms with E-state index < -0.39 is 20.0 Å². The third-order valence-electron chi connectivity index (χ3n) is 13.7. The van der Waals surface area contributed by atoms with Gasteiger partial charge in [-0.3, -0.25) is 13.8 Å². The van der Waals surface area contributed by atoms with Crippen LogP contribution in [0, 0.1) is 0 Å². The van der Waals surface area contributed by atoms with E-state index in [1.807, 2.05) is 27.2 Å². The van der Waals surface area contributed by atoms with Crippen molar-refractivity contribution in [1.29, 1.82) is 0 Å². The lowest BCUT2D eigenvalue weighted by Crippen LogP contribution is -2.45. The topological polar surface area (TPSA) is 105 Å². The van der Waals surface area contributed by atoms with Crippen molar-refractivity contribution in [3.8, 4) is 0 Å². The summed E-state index contributed by atoms with van der Waals surface area (Å²) < 4.78 is 23.7. The van der Waals surface area contributed by atoms with Crippen LogP contribution in [0.2, 0.25) is 0 Å². The summed E-state index contributed by atoms with van der Waals surface area (Å²) in [6.07, 6.45) is 64.4. The molecule has 0 saturated carbocycles. The monoisotopic (exact) mass is 982 g/mol. The van der Waals surface area contributed by atoms with Crippen molar-refractivity contribution in [2.24, 2.45) is 0 Å². The van der Waals surface area contributed by atoms with E-state index in [4.69, 9.17) is 9.05 Å². The van der Waals surface area contributed by atoms with Crippen LogP contribution in [0.5, 0.6) is 0 Å². The molecule has 0 aliphatic carbocycles. The van der Waals surface area contributed by atoms with Crippen LogP contribution in [0.25, 0.3) is 0 Å². The van der Waals surface area contributed by atoms with Gasteiger partial charge in [0.2, 0.25) is 5.91 Å². The maximum absolute atomic E-state index is 13.0. The normalized spacial score (nSPS) is 14.0. The second-order valence-corrected chi connectivity index (χ2v) is 23.2. The summed E-state index contributed by atoms with van der Waals surface area (Å²) in [7, 11) is 1.57. The van der Waals surface area contributed by atoms with Crippen LogP contribution in [0.3, 0.4) is 0 Å². The highest BCUT2D eigenvalue weighted by Crippen LogP contribution is 2.43. The van der Waals surface area contributed by atoms with Crippen LogP contribution in [0.1, 0.15) is 296 Å². The fourth-order valence-corrected chi connectivity index (χ4v) is 9.74. The van der Waals surface area contributed by atoms with Crippen molar-refractivity contribution in [2.45, 2.75) is 309 Å². The number of hydrogen-bond acceptors (Lipinski definition) is 5. The summed E-state index contributed by atoms with van der Waals surface area (Å²) >= 11 is 0. The lowest BCUT2D eigenvalue weighted by atomic mass is 10.0. The maximum atomic E-state index is 13.0. The molecular formula is C59H118N2O6P+. The number of rotatable bonds is 55. The Hall–Kier alpha value is -1.02. The Morgan fingerprint density at radius 1 is 0.485 bits per heavy atom. The molecule has 3 atom stereocenters. The molecule has 0 aliphatic rings. The number of phosphoric ester groups is 1. The van der Waals surface area contributed by atoms with Gasteiger partial charge in [-0.2, -0.15) is 0 Å². The number of phosphoric acid groups is 1. The SMILES string of the molecule is CCCCCCCCCCCCCCCCCCCCCCCC/C=C/CC/C=C/C(O)C(COP(=O)(O)OCC[N+](C)(C)C)NC(=O)CCCCCCCCCCCCCCCCCCCC. The first-order chi connectivity index (χ1) is 33.0. The molecule has 0 radical (unpaired) electrons.